The third kappa shape index (κ3) is 6.11. The average Bonchev–Trinajstić information content (AvgIpc) is 2.36. The van der Waals surface area contributed by atoms with E-state index in [0.29, 0.717) is 6.42 Å². The van der Waals surface area contributed by atoms with Crippen LogP contribution in [-0.4, -0.2) is 29.0 Å². The molecule has 0 spiro atoms. The molecule has 1 aromatic rings. The molecule has 0 aliphatic rings. The van der Waals surface area contributed by atoms with Crippen molar-refractivity contribution in [2.75, 3.05) is 12.0 Å². The molecule has 0 saturated heterocycles. The highest BCUT2D eigenvalue weighted by atomic mass is 79.9. The topological polar surface area (TPSA) is 66.4 Å². The monoisotopic (exact) mass is 345 g/mol. The van der Waals surface area contributed by atoms with Crippen molar-refractivity contribution < 1.29 is 14.7 Å². The van der Waals surface area contributed by atoms with Crippen LogP contribution in [0.3, 0.4) is 0 Å². The van der Waals surface area contributed by atoms with Gasteiger partial charge in [-0.25, -0.2) is 0 Å². The molecule has 0 aliphatic heterocycles. The van der Waals surface area contributed by atoms with Gasteiger partial charge in [0.2, 0.25) is 5.91 Å². The van der Waals surface area contributed by atoms with Gasteiger partial charge < -0.3 is 10.4 Å². The second-order valence-corrected chi connectivity index (χ2v) is 5.91. The predicted octanol–water partition coefficient (Wildman–Crippen LogP) is 2.83. The van der Waals surface area contributed by atoms with Crippen LogP contribution in [0.15, 0.2) is 28.7 Å². The number of carboxylic acid groups (broad SMARTS) is 1. The van der Waals surface area contributed by atoms with Crippen LogP contribution in [0.4, 0.5) is 0 Å². The van der Waals surface area contributed by atoms with E-state index in [2.05, 4.69) is 21.2 Å². The Bertz CT molecular complexity index is 436. The first-order valence-corrected chi connectivity index (χ1v) is 7.97. The molecule has 1 unspecified atom stereocenters. The number of carboxylic acids is 1. The number of hydrogen-bond acceptors (Lipinski definition) is 3. The van der Waals surface area contributed by atoms with Crippen LogP contribution in [0.5, 0.6) is 0 Å². The third-order valence-electron chi connectivity index (χ3n) is 2.52. The predicted molar refractivity (Wildman–Crippen MR) is 80.3 cm³/mol. The molecule has 0 radical (unpaired) electrons. The van der Waals surface area contributed by atoms with Crippen molar-refractivity contribution in [2.24, 2.45) is 0 Å². The van der Waals surface area contributed by atoms with Gasteiger partial charge >= 0.3 is 5.97 Å². The molecule has 0 saturated carbocycles. The Morgan fingerprint density at radius 3 is 2.53 bits per heavy atom. The lowest BCUT2D eigenvalue weighted by atomic mass is 10.0. The van der Waals surface area contributed by atoms with Crippen molar-refractivity contribution in [3.05, 3.63) is 34.3 Å². The molecular weight excluding hydrogens is 330 g/mol. The molecule has 1 amide bonds. The van der Waals surface area contributed by atoms with Crippen molar-refractivity contribution >= 4 is 39.6 Å². The van der Waals surface area contributed by atoms with E-state index >= 15 is 0 Å². The van der Waals surface area contributed by atoms with Crippen molar-refractivity contribution in [3.63, 3.8) is 0 Å². The van der Waals surface area contributed by atoms with Gasteiger partial charge in [0.15, 0.2) is 0 Å². The first kappa shape index (κ1) is 16.0. The normalized spacial score (nSPS) is 11.9. The number of benzene rings is 1. The van der Waals surface area contributed by atoms with Crippen LogP contribution in [-0.2, 0) is 9.59 Å². The number of carbonyl (C=O) groups is 2. The molecule has 4 nitrogen and oxygen atoms in total. The van der Waals surface area contributed by atoms with Crippen molar-refractivity contribution in [2.45, 2.75) is 18.9 Å². The summed E-state index contributed by atoms with van der Waals surface area (Å²) in [7, 11) is 0. The molecule has 1 aromatic carbocycles. The summed E-state index contributed by atoms with van der Waals surface area (Å²) in [6, 6.07) is 6.80. The maximum absolute atomic E-state index is 11.7. The second-order valence-electron chi connectivity index (χ2n) is 4.01. The van der Waals surface area contributed by atoms with Crippen LogP contribution >= 0.6 is 27.7 Å². The van der Waals surface area contributed by atoms with Crippen molar-refractivity contribution in [1.82, 2.24) is 5.32 Å². The minimum atomic E-state index is -0.932. The minimum absolute atomic E-state index is 0.118. The van der Waals surface area contributed by atoms with E-state index in [9.17, 15) is 9.59 Å². The average molecular weight is 346 g/mol. The van der Waals surface area contributed by atoms with Crippen LogP contribution in [0, 0.1) is 0 Å². The first-order valence-electron chi connectivity index (χ1n) is 5.78. The van der Waals surface area contributed by atoms with E-state index in [0.717, 1.165) is 15.8 Å². The standard InChI is InChI=1S/C13H16BrNO3S/c1-19-7-6-12(16)15-11(8-13(17)18)9-2-4-10(14)5-3-9/h2-5,11H,6-8H2,1H3,(H,15,16)(H,17,18). The van der Waals surface area contributed by atoms with Crippen molar-refractivity contribution in [1.29, 1.82) is 0 Å². The third-order valence-corrected chi connectivity index (χ3v) is 3.66. The molecular formula is C13H16BrNO3S. The molecule has 0 aliphatic carbocycles. The minimum Gasteiger partial charge on any atom is -0.481 e. The lowest BCUT2D eigenvalue weighted by Crippen LogP contribution is -2.30. The van der Waals surface area contributed by atoms with Gasteiger partial charge in [0.05, 0.1) is 12.5 Å². The van der Waals surface area contributed by atoms with E-state index in [1.807, 2.05) is 30.5 Å². The molecule has 6 heteroatoms. The van der Waals surface area contributed by atoms with Crippen LogP contribution < -0.4 is 5.32 Å². The number of aliphatic carboxylic acids is 1. The Morgan fingerprint density at radius 1 is 1.37 bits per heavy atom. The summed E-state index contributed by atoms with van der Waals surface area (Å²) in [6.45, 7) is 0. The molecule has 1 rings (SSSR count). The molecule has 1 atom stereocenters. The lowest BCUT2D eigenvalue weighted by Gasteiger charge is -2.17. The number of rotatable bonds is 7. The summed E-state index contributed by atoms with van der Waals surface area (Å²) in [6.07, 6.45) is 2.21. The van der Waals surface area contributed by atoms with Crippen LogP contribution in [0.25, 0.3) is 0 Å². The maximum atomic E-state index is 11.7. The number of amides is 1. The highest BCUT2D eigenvalue weighted by Crippen LogP contribution is 2.20. The summed E-state index contributed by atoms with van der Waals surface area (Å²) in [5.41, 5.74) is 0.795. The Hall–Kier alpha value is -1.01. The quantitative estimate of drug-likeness (QED) is 0.797. The highest BCUT2D eigenvalue weighted by Gasteiger charge is 2.17. The molecule has 0 heterocycles. The Morgan fingerprint density at radius 2 is 2.00 bits per heavy atom. The van der Waals surface area contributed by atoms with Crippen LogP contribution in [0.2, 0.25) is 0 Å². The van der Waals surface area contributed by atoms with Gasteiger partial charge in [-0.3, -0.25) is 9.59 Å². The number of hydrogen-bond donors (Lipinski definition) is 2. The van der Waals surface area contributed by atoms with Crippen LogP contribution in [0.1, 0.15) is 24.4 Å². The zero-order chi connectivity index (χ0) is 14.3. The van der Waals surface area contributed by atoms with Gasteiger partial charge in [0.1, 0.15) is 0 Å². The molecule has 104 valence electrons. The molecule has 2 N–H and O–H groups in total. The molecule has 0 bridgehead atoms. The van der Waals surface area contributed by atoms with E-state index in [-0.39, 0.29) is 12.3 Å². The lowest BCUT2D eigenvalue weighted by molar-refractivity contribution is -0.137. The summed E-state index contributed by atoms with van der Waals surface area (Å²) in [4.78, 5) is 22.6. The summed E-state index contributed by atoms with van der Waals surface area (Å²) in [5, 5.41) is 11.7. The van der Waals surface area contributed by atoms with Gasteiger partial charge in [0, 0.05) is 16.6 Å². The van der Waals surface area contributed by atoms with E-state index < -0.39 is 12.0 Å². The zero-order valence-corrected chi connectivity index (χ0v) is 13.0. The fraction of sp³-hybridized carbons (Fsp3) is 0.385. The first-order chi connectivity index (χ1) is 9.02. The fourth-order valence-corrected chi connectivity index (χ4v) is 2.24. The summed E-state index contributed by atoms with van der Waals surface area (Å²) in [5.74, 6) is -0.326. The molecule has 19 heavy (non-hydrogen) atoms. The number of carbonyl (C=O) groups excluding carboxylic acids is 1. The highest BCUT2D eigenvalue weighted by molar-refractivity contribution is 9.10. The van der Waals surface area contributed by atoms with Gasteiger partial charge in [-0.2, -0.15) is 11.8 Å². The summed E-state index contributed by atoms with van der Waals surface area (Å²) < 4.78 is 0.916. The largest absolute Gasteiger partial charge is 0.481 e. The Labute approximate surface area is 125 Å². The molecule has 0 fully saturated rings. The number of halogens is 1. The molecule has 0 aromatic heterocycles. The van der Waals surface area contributed by atoms with Crippen molar-refractivity contribution in [3.8, 4) is 0 Å². The fourth-order valence-electron chi connectivity index (χ4n) is 1.58. The van der Waals surface area contributed by atoms with Gasteiger partial charge in [-0.15, -0.1) is 0 Å². The number of thioether (sulfide) groups is 1. The van der Waals surface area contributed by atoms with E-state index in [4.69, 9.17) is 5.11 Å². The Kier molecular flexibility index (Phi) is 6.94. The van der Waals surface area contributed by atoms with Gasteiger partial charge in [-0.1, -0.05) is 28.1 Å². The van der Waals surface area contributed by atoms with Gasteiger partial charge in [-0.05, 0) is 24.0 Å². The second kappa shape index (κ2) is 8.22. The number of nitrogens with one attached hydrogen (secondary N) is 1. The zero-order valence-electron chi connectivity index (χ0n) is 10.6. The summed E-state index contributed by atoms with van der Waals surface area (Å²) >= 11 is 4.91. The maximum Gasteiger partial charge on any atom is 0.305 e. The Balaban J connectivity index is 2.74. The van der Waals surface area contributed by atoms with Gasteiger partial charge in [0.25, 0.3) is 0 Å². The van der Waals surface area contributed by atoms with E-state index in [1.54, 1.807) is 11.8 Å². The van der Waals surface area contributed by atoms with E-state index in [1.165, 1.54) is 0 Å². The SMILES string of the molecule is CSCCC(=O)NC(CC(=O)O)c1ccc(Br)cc1. The smallest absolute Gasteiger partial charge is 0.305 e.